The van der Waals surface area contributed by atoms with Crippen molar-refractivity contribution in [3.63, 3.8) is 0 Å². The molecule has 0 bridgehead atoms. The summed E-state index contributed by atoms with van der Waals surface area (Å²) in [5, 5.41) is 4.39. The minimum Gasteiger partial charge on any atom is -0.496 e. The summed E-state index contributed by atoms with van der Waals surface area (Å²) in [7, 11) is 3.04. The Morgan fingerprint density at radius 2 is 1.87 bits per heavy atom. The number of carbonyl (C=O) groups excluding carboxylic acids is 1. The molecule has 7 heteroatoms. The van der Waals surface area contributed by atoms with Gasteiger partial charge in [-0.1, -0.05) is 27.5 Å². The lowest BCUT2D eigenvalue weighted by Crippen LogP contribution is -2.18. The Kier molecular flexibility index (Phi) is 6.01. The third kappa shape index (κ3) is 4.46. The first kappa shape index (κ1) is 17.3. The number of hydrazone groups is 1. The highest BCUT2D eigenvalue weighted by atomic mass is 79.9. The Labute approximate surface area is 147 Å². The van der Waals surface area contributed by atoms with Gasteiger partial charge in [-0.3, -0.25) is 4.79 Å². The highest BCUT2D eigenvalue weighted by Gasteiger charge is 2.12. The van der Waals surface area contributed by atoms with Crippen LogP contribution in [0.4, 0.5) is 0 Å². The van der Waals surface area contributed by atoms with Gasteiger partial charge in [0.05, 0.1) is 31.0 Å². The van der Waals surface area contributed by atoms with E-state index in [0.29, 0.717) is 22.1 Å². The second-order valence-electron chi connectivity index (χ2n) is 4.44. The molecule has 0 aromatic heterocycles. The number of nitrogens with zero attached hydrogens (tertiary/aromatic N) is 1. The van der Waals surface area contributed by atoms with E-state index in [0.717, 1.165) is 10.0 Å². The topological polar surface area (TPSA) is 59.9 Å². The number of carbonyl (C=O) groups is 1. The van der Waals surface area contributed by atoms with E-state index in [4.69, 9.17) is 21.1 Å². The average Bonchev–Trinajstić information content (AvgIpc) is 2.55. The lowest BCUT2D eigenvalue weighted by Gasteiger charge is -2.07. The first-order chi connectivity index (χ1) is 11.0. The Morgan fingerprint density at radius 1 is 1.17 bits per heavy atom. The number of methoxy groups -OCH3 is 2. The molecule has 0 aliphatic carbocycles. The highest BCUT2D eigenvalue weighted by molar-refractivity contribution is 9.10. The van der Waals surface area contributed by atoms with Crippen molar-refractivity contribution in [2.24, 2.45) is 5.10 Å². The summed E-state index contributed by atoms with van der Waals surface area (Å²) in [6.45, 7) is 0. The van der Waals surface area contributed by atoms with E-state index in [-0.39, 0.29) is 5.91 Å². The molecule has 0 saturated heterocycles. The molecular weight excluding hydrogens is 384 g/mol. The summed E-state index contributed by atoms with van der Waals surface area (Å²) in [5.74, 6) is 0.666. The second kappa shape index (κ2) is 7.99. The number of benzene rings is 2. The SMILES string of the molecule is COc1ccc(C=NNC(=O)c2cc(Br)ccc2OC)cc1Cl. The summed E-state index contributed by atoms with van der Waals surface area (Å²) in [6.07, 6.45) is 1.49. The lowest BCUT2D eigenvalue weighted by atomic mass is 10.2. The maximum Gasteiger partial charge on any atom is 0.275 e. The molecular formula is C16H14BrClN2O3. The van der Waals surface area contributed by atoms with Gasteiger partial charge in [0.1, 0.15) is 11.5 Å². The molecule has 1 N–H and O–H groups in total. The van der Waals surface area contributed by atoms with Gasteiger partial charge in [0, 0.05) is 4.47 Å². The molecule has 0 saturated carbocycles. The van der Waals surface area contributed by atoms with E-state index in [2.05, 4.69) is 26.5 Å². The zero-order valence-corrected chi connectivity index (χ0v) is 14.8. The van der Waals surface area contributed by atoms with Crippen LogP contribution in [0.15, 0.2) is 46.0 Å². The van der Waals surface area contributed by atoms with Crippen molar-refractivity contribution in [1.29, 1.82) is 0 Å². The monoisotopic (exact) mass is 396 g/mol. The third-order valence-corrected chi connectivity index (χ3v) is 3.75. The van der Waals surface area contributed by atoms with E-state index in [9.17, 15) is 4.79 Å². The minimum absolute atomic E-state index is 0.376. The fourth-order valence-electron chi connectivity index (χ4n) is 1.85. The predicted octanol–water partition coefficient (Wildman–Crippen LogP) is 3.88. The molecule has 0 unspecified atom stereocenters. The Balaban J connectivity index is 2.10. The van der Waals surface area contributed by atoms with E-state index < -0.39 is 0 Å². The smallest absolute Gasteiger partial charge is 0.275 e. The average molecular weight is 398 g/mol. The van der Waals surface area contributed by atoms with Gasteiger partial charge >= 0.3 is 0 Å². The van der Waals surface area contributed by atoms with Gasteiger partial charge in [-0.2, -0.15) is 5.10 Å². The largest absolute Gasteiger partial charge is 0.496 e. The van der Waals surface area contributed by atoms with E-state index in [1.807, 2.05) is 0 Å². The van der Waals surface area contributed by atoms with E-state index in [1.165, 1.54) is 13.3 Å². The fraction of sp³-hybridized carbons (Fsp3) is 0.125. The number of rotatable bonds is 5. The van der Waals surface area contributed by atoms with E-state index in [1.54, 1.807) is 43.5 Å². The Hall–Kier alpha value is -2.05. The lowest BCUT2D eigenvalue weighted by molar-refractivity contribution is 0.0952. The maximum absolute atomic E-state index is 12.2. The van der Waals surface area contributed by atoms with Crippen LogP contribution in [0.5, 0.6) is 11.5 Å². The minimum atomic E-state index is -0.376. The van der Waals surface area contributed by atoms with Crippen molar-refractivity contribution < 1.29 is 14.3 Å². The van der Waals surface area contributed by atoms with Crippen LogP contribution in [0.1, 0.15) is 15.9 Å². The molecule has 5 nitrogen and oxygen atoms in total. The Bertz CT molecular complexity index is 750. The zero-order valence-electron chi connectivity index (χ0n) is 12.5. The number of amides is 1. The van der Waals surface area contributed by atoms with Crippen LogP contribution in [-0.2, 0) is 0 Å². The van der Waals surface area contributed by atoms with Gasteiger partial charge in [0.15, 0.2) is 0 Å². The second-order valence-corrected chi connectivity index (χ2v) is 5.76. The number of ether oxygens (including phenoxy) is 2. The zero-order chi connectivity index (χ0) is 16.8. The first-order valence-corrected chi connectivity index (χ1v) is 7.72. The predicted molar refractivity (Wildman–Crippen MR) is 93.8 cm³/mol. The molecule has 2 aromatic carbocycles. The molecule has 0 fully saturated rings. The van der Waals surface area contributed by atoms with Crippen molar-refractivity contribution in [2.75, 3.05) is 14.2 Å². The number of halogens is 2. The molecule has 120 valence electrons. The Morgan fingerprint density at radius 3 is 2.52 bits per heavy atom. The summed E-state index contributed by atoms with van der Waals surface area (Å²) in [5.41, 5.74) is 3.57. The molecule has 0 spiro atoms. The number of hydrogen-bond donors (Lipinski definition) is 1. The van der Waals surface area contributed by atoms with Crippen molar-refractivity contribution in [3.8, 4) is 11.5 Å². The van der Waals surface area contributed by atoms with Crippen molar-refractivity contribution >= 4 is 39.7 Å². The molecule has 23 heavy (non-hydrogen) atoms. The molecule has 0 atom stereocenters. The van der Waals surface area contributed by atoms with Gasteiger partial charge in [-0.05, 0) is 42.0 Å². The quantitative estimate of drug-likeness (QED) is 0.615. The van der Waals surface area contributed by atoms with Gasteiger partial charge in [-0.25, -0.2) is 5.43 Å². The van der Waals surface area contributed by atoms with Crippen LogP contribution in [0.25, 0.3) is 0 Å². The van der Waals surface area contributed by atoms with Crippen LogP contribution in [0.2, 0.25) is 5.02 Å². The van der Waals surface area contributed by atoms with Crippen LogP contribution >= 0.6 is 27.5 Å². The molecule has 0 aliphatic rings. The number of hydrogen-bond acceptors (Lipinski definition) is 4. The van der Waals surface area contributed by atoms with Gasteiger partial charge in [0.2, 0.25) is 0 Å². The summed E-state index contributed by atoms with van der Waals surface area (Å²) >= 11 is 9.35. The van der Waals surface area contributed by atoms with Crippen LogP contribution in [-0.4, -0.2) is 26.3 Å². The van der Waals surface area contributed by atoms with E-state index >= 15 is 0 Å². The molecule has 1 amide bonds. The third-order valence-electron chi connectivity index (χ3n) is 2.96. The standard InChI is InChI=1S/C16H14BrClN2O3/c1-22-14-6-4-11(17)8-12(14)16(21)20-19-9-10-3-5-15(23-2)13(18)7-10/h3-9H,1-2H3,(H,20,21). The van der Waals surface area contributed by atoms with Crippen molar-refractivity contribution in [1.82, 2.24) is 5.43 Å². The van der Waals surface area contributed by atoms with Gasteiger partial charge in [-0.15, -0.1) is 0 Å². The molecule has 0 aliphatic heterocycles. The molecule has 2 aromatic rings. The highest BCUT2D eigenvalue weighted by Crippen LogP contribution is 2.24. The summed E-state index contributed by atoms with van der Waals surface area (Å²) in [4.78, 5) is 12.2. The molecule has 2 rings (SSSR count). The fourth-order valence-corrected chi connectivity index (χ4v) is 2.47. The molecule has 0 heterocycles. The van der Waals surface area contributed by atoms with Crippen molar-refractivity contribution in [2.45, 2.75) is 0 Å². The normalized spacial score (nSPS) is 10.6. The van der Waals surface area contributed by atoms with Crippen LogP contribution in [0.3, 0.4) is 0 Å². The van der Waals surface area contributed by atoms with Crippen LogP contribution in [0, 0.1) is 0 Å². The summed E-state index contributed by atoms with van der Waals surface area (Å²) < 4.78 is 11.0. The molecule has 0 radical (unpaired) electrons. The van der Waals surface area contributed by atoms with Crippen molar-refractivity contribution in [3.05, 3.63) is 57.0 Å². The number of nitrogens with one attached hydrogen (secondary N) is 1. The maximum atomic E-state index is 12.2. The van der Waals surface area contributed by atoms with Gasteiger partial charge < -0.3 is 9.47 Å². The van der Waals surface area contributed by atoms with Crippen LogP contribution < -0.4 is 14.9 Å². The summed E-state index contributed by atoms with van der Waals surface area (Å²) in [6, 6.07) is 10.3. The first-order valence-electron chi connectivity index (χ1n) is 6.55. The van der Waals surface area contributed by atoms with Gasteiger partial charge in [0.25, 0.3) is 5.91 Å².